The summed E-state index contributed by atoms with van der Waals surface area (Å²) in [4.78, 5) is 0. The van der Waals surface area contributed by atoms with E-state index in [9.17, 15) is 0 Å². The van der Waals surface area contributed by atoms with Crippen molar-refractivity contribution in [2.75, 3.05) is 11.5 Å². The molecule has 1 aliphatic carbocycles. The minimum atomic E-state index is 0.0300. The Morgan fingerprint density at radius 1 is 0.596 bits per heavy atom. The molecule has 4 aromatic carbocycles. The molecule has 0 bridgehead atoms. The van der Waals surface area contributed by atoms with Crippen molar-refractivity contribution in [3.63, 3.8) is 0 Å². The molecule has 0 amide bonds. The van der Waals surface area contributed by atoms with Crippen molar-refractivity contribution >= 4 is 11.4 Å². The normalized spacial score (nSPS) is 16.4. The molecule has 2 atom stereocenters. The highest BCUT2D eigenvalue weighted by molar-refractivity contribution is 5.51. The average molecular weight is 629 g/mol. The molecule has 0 heterocycles. The summed E-state index contributed by atoms with van der Waals surface area (Å²) in [7, 11) is 0. The Hall–Kier alpha value is -3.52. The van der Waals surface area contributed by atoms with Crippen LogP contribution in [-0.4, -0.2) is 0 Å². The molecule has 0 aromatic heterocycles. The van der Waals surface area contributed by atoms with E-state index in [4.69, 9.17) is 11.5 Å². The minimum absolute atomic E-state index is 0.0300. The van der Waals surface area contributed by atoms with Crippen LogP contribution in [0.5, 0.6) is 0 Å². The topological polar surface area (TPSA) is 52.0 Å². The molecule has 0 aliphatic heterocycles. The Morgan fingerprint density at radius 3 is 1.43 bits per heavy atom. The zero-order chi connectivity index (χ0) is 33.4. The molecule has 0 spiro atoms. The molecular formula is C45H60N2. The average Bonchev–Trinajstić information content (AvgIpc) is 3.08. The lowest BCUT2D eigenvalue weighted by molar-refractivity contribution is 0.221. The maximum Gasteiger partial charge on any atom is 0.0316 e. The van der Waals surface area contributed by atoms with Crippen molar-refractivity contribution in [3.05, 3.63) is 129 Å². The van der Waals surface area contributed by atoms with E-state index in [1.54, 1.807) is 0 Å². The van der Waals surface area contributed by atoms with Gasteiger partial charge in [0.1, 0.15) is 0 Å². The second-order valence-electron chi connectivity index (χ2n) is 14.6. The molecule has 4 N–H and O–H groups in total. The number of aryl methyl sites for hydroxylation is 2. The van der Waals surface area contributed by atoms with Crippen LogP contribution < -0.4 is 11.5 Å². The maximum atomic E-state index is 6.15. The quantitative estimate of drug-likeness (QED) is 0.137. The van der Waals surface area contributed by atoms with Gasteiger partial charge in [0, 0.05) is 28.6 Å². The molecular weight excluding hydrogens is 569 g/mol. The van der Waals surface area contributed by atoms with Gasteiger partial charge in [0.2, 0.25) is 0 Å². The van der Waals surface area contributed by atoms with Gasteiger partial charge in [0.25, 0.3) is 0 Å². The summed E-state index contributed by atoms with van der Waals surface area (Å²) < 4.78 is 0. The first-order chi connectivity index (χ1) is 22.8. The van der Waals surface area contributed by atoms with Crippen molar-refractivity contribution in [3.8, 4) is 0 Å². The van der Waals surface area contributed by atoms with E-state index in [2.05, 4.69) is 120 Å². The lowest BCUT2D eigenvalue weighted by Crippen LogP contribution is -2.38. The first-order valence-corrected chi connectivity index (χ1v) is 18.7. The third-order valence-corrected chi connectivity index (χ3v) is 11.4. The van der Waals surface area contributed by atoms with Crippen LogP contribution in [0.4, 0.5) is 11.4 Å². The lowest BCUT2D eigenvalue weighted by Gasteiger charge is -2.44. The molecule has 4 aromatic rings. The Bertz CT molecular complexity index is 1450. The van der Waals surface area contributed by atoms with Gasteiger partial charge in [-0.25, -0.2) is 0 Å². The smallest absolute Gasteiger partial charge is 0.0316 e. The van der Waals surface area contributed by atoms with E-state index in [0.717, 1.165) is 37.1 Å². The summed E-state index contributed by atoms with van der Waals surface area (Å²) in [5.74, 6) is 1.44. The van der Waals surface area contributed by atoms with Crippen molar-refractivity contribution in [1.82, 2.24) is 0 Å². The van der Waals surface area contributed by atoms with E-state index in [0.29, 0.717) is 17.8 Å². The number of unbranched alkanes of at least 4 members (excludes halogenated alkanes) is 1. The van der Waals surface area contributed by atoms with Crippen LogP contribution in [0.2, 0.25) is 0 Å². The van der Waals surface area contributed by atoms with Gasteiger partial charge < -0.3 is 11.5 Å². The van der Waals surface area contributed by atoms with Gasteiger partial charge >= 0.3 is 0 Å². The minimum Gasteiger partial charge on any atom is -0.399 e. The summed E-state index contributed by atoms with van der Waals surface area (Å²) >= 11 is 0. The molecule has 2 unspecified atom stereocenters. The first kappa shape index (κ1) is 34.8. The highest BCUT2D eigenvalue weighted by Crippen LogP contribution is 2.50. The Kier molecular flexibility index (Phi) is 11.9. The first-order valence-electron chi connectivity index (χ1n) is 18.7. The molecule has 1 aliphatic rings. The second kappa shape index (κ2) is 16.1. The van der Waals surface area contributed by atoms with Crippen molar-refractivity contribution < 1.29 is 0 Å². The number of hydrogen-bond donors (Lipinski definition) is 2. The highest BCUT2D eigenvalue weighted by atomic mass is 14.5. The molecule has 0 saturated heterocycles. The fraction of sp³-hybridized carbons (Fsp3) is 0.467. The number of nitrogens with two attached hydrogens (primary N) is 2. The predicted molar refractivity (Wildman–Crippen MR) is 204 cm³/mol. The molecule has 1 saturated carbocycles. The zero-order valence-corrected chi connectivity index (χ0v) is 30.0. The Morgan fingerprint density at radius 2 is 1.04 bits per heavy atom. The molecule has 47 heavy (non-hydrogen) atoms. The largest absolute Gasteiger partial charge is 0.399 e. The SMILES string of the molecule is CCCCC(c1ccc(C(CCC)c2ccc(N)cc2C)cc1)(c1ccc(C(CCC)c2ccc(N)cc2C)cc1)C1CCCCC1. The van der Waals surface area contributed by atoms with Gasteiger partial charge in [0.15, 0.2) is 0 Å². The van der Waals surface area contributed by atoms with Gasteiger partial charge in [-0.05, 0) is 121 Å². The van der Waals surface area contributed by atoms with E-state index in [1.165, 1.54) is 95.9 Å². The van der Waals surface area contributed by atoms with Crippen LogP contribution >= 0.6 is 0 Å². The second-order valence-corrected chi connectivity index (χ2v) is 14.6. The maximum absolute atomic E-state index is 6.15. The van der Waals surface area contributed by atoms with E-state index in [-0.39, 0.29) is 5.41 Å². The Balaban J connectivity index is 1.58. The summed E-state index contributed by atoms with van der Waals surface area (Å²) in [6, 6.07) is 32.8. The highest BCUT2D eigenvalue weighted by Gasteiger charge is 2.42. The van der Waals surface area contributed by atoms with Crippen LogP contribution in [0.25, 0.3) is 0 Å². The van der Waals surface area contributed by atoms with E-state index < -0.39 is 0 Å². The van der Waals surface area contributed by atoms with Crippen LogP contribution in [-0.2, 0) is 5.41 Å². The third-order valence-electron chi connectivity index (χ3n) is 11.4. The van der Waals surface area contributed by atoms with E-state index >= 15 is 0 Å². The fourth-order valence-corrected chi connectivity index (χ4v) is 8.97. The number of benzene rings is 4. The molecule has 2 heteroatoms. The van der Waals surface area contributed by atoms with Crippen molar-refractivity contribution in [2.24, 2.45) is 5.92 Å². The van der Waals surface area contributed by atoms with Gasteiger partial charge in [-0.3, -0.25) is 0 Å². The van der Waals surface area contributed by atoms with Crippen molar-refractivity contribution in [2.45, 2.75) is 129 Å². The molecule has 2 nitrogen and oxygen atoms in total. The molecule has 0 radical (unpaired) electrons. The standard InChI is InChI=1S/C45H60N2/c1-6-9-29-45(36-15-11-10-12-16-36,37-21-17-34(18-22-37)43(13-7-2)41-27-25-39(46)30-32(41)4)38-23-19-35(20-24-38)44(14-8-3)42-28-26-40(47)31-33(42)5/h17-28,30-31,36,43-44H,6-16,29,46-47H2,1-5H3. The van der Waals surface area contributed by atoms with Gasteiger partial charge in [0.05, 0.1) is 0 Å². The number of anilines is 2. The fourth-order valence-electron chi connectivity index (χ4n) is 8.97. The number of hydrogen-bond acceptors (Lipinski definition) is 2. The molecule has 5 rings (SSSR count). The van der Waals surface area contributed by atoms with Gasteiger partial charge in [-0.15, -0.1) is 0 Å². The van der Waals surface area contributed by atoms with Crippen LogP contribution in [0.3, 0.4) is 0 Å². The lowest BCUT2D eigenvalue weighted by atomic mass is 9.59. The monoisotopic (exact) mass is 628 g/mol. The Labute approximate surface area is 286 Å². The van der Waals surface area contributed by atoms with Gasteiger partial charge in [-0.1, -0.05) is 126 Å². The zero-order valence-electron chi connectivity index (χ0n) is 30.0. The van der Waals surface area contributed by atoms with E-state index in [1.807, 2.05) is 0 Å². The van der Waals surface area contributed by atoms with Crippen LogP contribution in [0.15, 0.2) is 84.9 Å². The molecule has 250 valence electrons. The summed E-state index contributed by atoms with van der Waals surface area (Å²) in [6.07, 6.45) is 15.0. The van der Waals surface area contributed by atoms with Crippen LogP contribution in [0.1, 0.15) is 154 Å². The summed E-state index contributed by atoms with van der Waals surface area (Å²) in [5.41, 5.74) is 25.3. The number of nitrogen functional groups attached to an aromatic ring is 2. The van der Waals surface area contributed by atoms with Crippen LogP contribution in [0, 0.1) is 19.8 Å². The third kappa shape index (κ3) is 7.64. The summed E-state index contributed by atoms with van der Waals surface area (Å²) in [5, 5.41) is 0. The summed E-state index contributed by atoms with van der Waals surface area (Å²) in [6.45, 7) is 11.4. The molecule has 1 fully saturated rings. The predicted octanol–water partition coefficient (Wildman–Crippen LogP) is 12.4. The number of rotatable bonds is 14. The van der Waals surface area contributed by atoms with Crippen molar-refractivity contribution in [1.29, 1.82) is 0 Å². The van der Waals surface area contributed by atoms with Gasteiger partial charge in [-0.2, -0.15) is 0 Å².